The predicted octanol–water partition coefficient (Wildman–Crippen LogP) is 2.94. The maximum Gasteiger partial charge on any atom is 0.282 e. The molecule has 0 bridgehead atoms. The smallest absolute Gasteiger partial charge is 0.282 e. The van der Waals surface area contributed by atoms with Gasteiger partial charge in [0.05, 0.1) is 11.0 Å². The largest absolute Gasteiger partial charge is 0.383 e. The lowest BCUT2D eigenvalue weighted by atomic mass is 10.3. The van der Waals surface area contributed by atoms with Crippen LogP contribution in [-0.2, 0) is 0 Å². The molecule has 4 aromatic rings. The maximum absolute atomic E-state index is 12.2. The summed E-state index contributed by atoms with van der Waals surface area (Å²) in [5.41, 5.74) is 7.25. The number of hydrogen-bond donors (Lipinski definition) is 2. The SMILES string of the molecule is Cc1cnc(N=Nc2c(N)n3c(nc4ccccc43)[nH]c2=O)s1. The first-order chi connectivity index (χ1) is 11.1. The summed E-state index contributed by atoms with van der Waals surface area (Å²) in [5.74, 6) is 0.562. The topological polar surface area (TPSA) is 114 Å². The van der Waals surface area contributed by atoms with Crippen LogP contribution in [0.2, 0.25) is 0 Å². The first kappa shape index (κ1) is 13.6. The van der Waals surface area contributed by atoms with Crippen LogP contribution >= 0.6 is 11.3 Å². The Bertz CT molecular complexity index is 1120. The highest BCUT2D eigenvalue weighted by molar-refractivity contribution is 7.15. The van der Waals surface area contributed by atoms with Crippen molar-refractivity contribution in [3.05, 3.63) is 45.7 Å². The van der Waals surface area contributed by atoms with Gasteiger partial charge < -0.3 is 5.73 Å². The summed E-state index contributed by atoms with van der Waals surface area (Å²) in [7, 11) is 0. The van der Waals surface area contributed by atoms with Crippen LogP contribution in [0.4, 0.5) is 16.6 Å². The lowest BCUT2D eigenvalue weighted by molar-refractivity contribution is 1.07. The second-order valence-electron chi connectivity index (χ2n) is 4.90. The number of anilines is 1. The zero-order valence-corrected chi connectivity index (χ0v) is 12.8. The molecule has 23 heavy (non-hydrogen) atoms. The summed E-state index contributed by atoms with van der Waals surface area (Å²) in [6.45, 7) is 1.92. The average molecular weight is 325 g/mol. The van der Waals surface area contributed by atoms with Crippen molar-refractivity contribution in [1.82, 2.24) is 19.4 Å². The molecular formula is C14H11N7OS. The lowest BCUT2D eigenvalue weighted by Crippen LogP contribution is -2.12. The molecule has 1 aromatic carbocycles. The number of para-hydroxylation sites is 2. The second-order valence-corrected chi connectivity index (χ2v) is 6.11. The Labute approximate surface area is 133 Å². The minimum absolute atomic E-state index is 0.0357. The number of azo groups is 1. The molecule has 0 spiro atoms. The van der Waals surface area contributed by atoms with E-state index in [2.05, 4.69) is 25.2 Å². The van der Waals surface area contributed by atoms with Crippen LogP contribution in [0.25, 0.3) is 16.8 Å². The molecule has 0 atom stereocenters. The standard InChI is InChI=1S/C14H11N7OS/c1-7-6-16-14(23-7)20-19-10-11(15)21-9-5-3-2-4-8(9)17-13(21)18-12(10)22/h2-6H,15H2,1H3,(H,17,18,22). The number of aromatic amines is 1. The van der Waals surface area contributed by atoms with Crippen molar-refractivity contribution >= 4 is 44.8 Å². The van der Waals surface area contributed by atoms with Crippen molar-refractivity contribution in [2.45, 2.75) is 6.92 Å². The Morgan fingerprint density at radius 3 is 2.91 bits per heavy atom. The quantitative estimate of drug-likeness (QED) is 0.551. The fraction of sp³-hybridized carbons (Fsp3) is 0.0714. The molecule has 0 aliphatic rings. The van der Waals surface area contributed by atoms with Gasteiger partial charge in [-0.1, -0.05) is 23.5 Å². The summed E-state index contributed by atoms with van der Waals surface area (Å²) in [5, 5.41) is 8.44. The van der Waals surface area contributed by atoms with Crippen LogP contribution in [0, 0.1) is 6.92 Å². The molecule has 114 valence electrons. The average Bonchev–Trinajstić information content (AvgIpc) is 3.10. The van der Waals surface area contributed by atoms with E-state index in [1.54, 1.807) is 10.6 Å². The minimum Gasteiger partial charge on any atom is -0.383 e. The van der Waals surface area contributed by atoms with Crippen LogP contribution in [-0.4, -0.2) is 19.4 Å². The molecule has 3 N–H and O–H groups in total. The highest BCUT2D eigenvalue weighted by Crippen LogP contribution is 2.26. The summed E-state index contributed by atoms with van der Waals surface area (Å²) < 4.78 is 1.65. The molecule has 3 aromatic heterocycles. The van der Waals surface area contributed by atoms with Crippen LogP contribution in [0.5, 0.6) is 0 Å². The Morgan fingerprint density at radius 1 is 1.30 bits per heavy atom. The summed E-state index contributed by atoms with van der Waals surface area (Å²) in [4.78, 5) is 24.3. The summed E-state index contributed by atoms with van der Waals surface area (Å²) >= 11 is 1.38. The Kier molecular flexibility index (Phi) is 2.95. The van der Waals surface area contributed by atoms with Gasteiger partial charge in [0.25, 0.3) is 5.56 Å². The molecule has 3 heterocycles. The molecule has 0 unspecified atom stereocenters. The zero-order chi connectivity index (χ0) is 16.0. The highest BCUT2D eigenvalue weighted by Gasteiger charge is 2.14. The van der Waals surface area contributed by atoms with Crippen molar-refractivity contribution in [1.29, 1.82) is 0 Å². The molecule has 0 saturated heterocycles. The van der Waals surface area contributed by atoms with Gasteiger partial charge in [-0.3, -0.25) is 14.2 Å². The van der Waals surface area contributed by atoms with Crippen molar-refractivity contribution in [3.63, 3.8) is 0 Å². The van der Waals surface area contributed by atoms with Gasteiger partial charge in [-0.2, -0.15) is 0 Å². The Balaban J connectivity index is 1.94. The number of H-pyrrole nitrogens is 1. The predicted molar refractivity (Wildman–Crippen MR) is 88.8 cm³/mol. The van der Waals surface area contributed by atoms with Gasteiger partial charge in [0.15, 0.2) is 5.69 Å². The molecule has 9 heteroatoms. The second kappa shape index (κ2) is 4.99. The minimum atomic E-state index is -0.442. The number of nitrogens with one attached hydrogen (secondary N) is 1. The number of thiazole rings is 1. The Morgan fingerprint density at radius 2 is 2.13 bits per heavy atom. The number of nitrogen functional groups attached to an aromatic ring is 1. The lowest BCUT2D eigenvalue weighted by Gasteiger charge is -2.02. The number of imidazole rings is 1. The van der Waals surface area contributed by atoms with E-state index in [-0.39, 0.29) is 11.5 Å². The molecule has 0 amide bonds. The van der Waals surface area contributed by atoms with Gasteiger partial charge in [0.1, 0.15) is 5.82 Å². The molecular weight excluding hydrogens is 314 g/mol. The van der Waals surface area contributed by atoms with E-state index in [0.717, 1.165) is 15.9 Å². The first-order valence-corrected chi connectivity index (χ1v) is 7.58. The van der Waals surface area contributed by atoms with Crippen LogP contribution in [0.15, 0.2) is 45.5 Å². The normalized spacial score (nSPS) is 11.9. The van der Waals surface area contributed by atoms with E-state index in [9.17, 15) is 4.79 Å². The van der Waals surface area contributed by atoms with E-state index >= 15 is 0 Å². The van der Waals surface area contributed by atoms with Crippen molar-refractivity contribution < 1.29 is 0 Å². The third-order valence-corrected chi connectivity index (χ3v) is 4.13. The van der Waals surface area contributed by atoms with Gasteiger partial charge >= 0.3 is 0 Å². The van der Waals surface area contributed by atoms with Crippen LogP contribution in [0.1, 0.15) is 4.88 Å². The monoisotopic (exact) mass is 325 g/mol. The van der Waals surface area contributed by atoms with E-state index in [4.69, 9.17) is 5.73 Å². The summed E-state index contributed by atoms with van der Waals surface area (Å²) in [6.07, 6.45) is 1.69. The van der Waals surface area contributed by atoms with E-state index in [1.165, 1.54) is 11.3 Å². The maximum atomic E-state index is 12.2. The van der Waals surface area contributed by atoms with Gasteiger partial charge in [0.2, 0.25) is 10.9 Å². The number of hydrogen-bond acceptors (Lipinski definition) is 7. The van der Waals surface area contributed by atoms with Crippen molar-refractivity contribution in [2.75, 3.05) is 5.73 Å². The third-order valence-electron chi connectivity index (χ3n) is 3.33. The number of aromatic nitrogens is 4. The zero-order valence-electron chi connectivity index (χ0n) is 12.0. The van der Waals surface area contributed by atoms with Gasteiger partial charge in [-0.25, -0.2) is 9.97 Å². The number of nitrogens with two attached hydrogens (primary N) is 1. The fourth-order valence-electron chi connectivity index (χ4n) is 2.32. The van der Waals surface area contributed by atoms with Gasteiger partial charge in [-0.15, -0.1) is 10.2 Å². The van der Waals surface area contributed by atoms with Gasteiger partial charge in [0, 0.05) is 11.1 Å². The molecule has 0 radical (unpaired) electrons. The number of fused-ring (bicyclic) bond motifs is 3. The molecule has 0 fully saturated rings. The fourth-order valence-corrected chi connectivity index (χ4v) is 2.90. The van der Waals surface area contributed by atoms with E-state index in [0.29, 0.717) is 10.9 Å². The molecule has 0 aliphatic carbocycles. The number of aryl methyl sites for hydroxylation is 1. The Hall–Kier alpha value is -3.07. The molecule has 8 nitrogen and oxygen atoms in total. The van der Waals surface area contributed by atoms with Crippen molar-refractivity contribution in [3.8, 4) is 0 Å². The van der Waals surface area contributed by atoms with Crippen molar-refractivity contribution in [2.24, 2.45) is 10.2 Å². The molecule has 0 aliphatic heterocycles. The van der Waals surface area contributed by atoms with Gasteiger partial charge in [-0.05, 0) is 19.1 Å². The molecule has 4 rings (SSSR count). The molecule has 0 saturated carbocycles. The van der Waals surface area contributed by atoms with E-state index in [1.807, 2.05) is 31.2 Å². The summed E-state index contributed by atoms with van der Waals surface area (Å²) in [6, 6.07) is 7.46. The highest BCUT2D eigenvalue weighted by atomic mass is 32.1. The number of nitrogens with zero attached hydrogens (tertiary/aromatic N) is 5. The third kappa shape index (κ3) is 2.18. The number of benzene rings is 1. The van der Waals surface area contributed by atoms with E-state index < -0.39 is 5.56 Å². The van der Waals surface area contributed by atoms with Crippen LogP contribution in [0.3, 0.4) is 0 Å². The number of rotatable bonds is 2. The van der Waals surface area contributed by atoms with Crippen LogP contribution < -0.4 is 11.3 Å². The first-order valence-electron chi connectivity index (χ1n) is 6.76.